The molecule has 0 aliphatic carbocycles. The zero-order chi connectivity index (χ0) is 26.0. The van der Waals surface area contributed by atoms with Gasteiger partial charge in [0.1, 0.15) is 6.54 Å². The fraction of sp³-hybridized carbons (Fsp3) is 0.556. The molecule has 0 saturated heterocycles. The van der Waals surface area contributed by atoms with Crippen molar-refractivity contribution in [3.05, 3.63) is 58.9 Å². The molecule has 1 heterocycles. The van der Waals surface area contributed by atoms with Gasteiger partial charge in [0.2, 0.25) is 5.91 Å². The monoisotopic (exact) mass is 504 g/mol. The summed E-state index contributed by atoms with van der Waals surface area (Å²) in [6.07, 6.45) is 2.66. The van der Waals surface area contributed by atoms with Gasteiger partial charge in [-0.25, -0.2) is 4.79 Å². The number of carbonyl (C=O) groups excluding carboxylic acids is 2. The molecule has 1 aromatic carbocycles. The summed E-state index contributed by atoms with van der Waals surface area (Å²) in [6, 6.07) is 11.6. The number of carbonyl (C=O) groups is 2. The van der Waals surface area contributed by atoms with Crippen LogP contribution in [0.4, 0.5) is 4.79 Å². The number of methoxy groups -OCH3 is 1. The minimum Gasteiger partial charge on any atom is -0.385 e. The molecular formula is C27H41ClN4O3. The number of nitrogens with one attached hydrogen (secondary N) is 1. The third-order valence-electron chi connectivity index (χ3n) is 5.38. The van der Waals surface area contributed by atoms with E-state index in [4.69, 9.17) is 16.3 Å². The molecule has 0 fully saturated rings. The van der Waals surface area contributed by atoms with Gasteiger partial charge in [0.05, 0.1) is 6.54 Å². The zero-order valence-electron chi connectivity index (χ0n) is 22.0. The van der Waals surface area contributed by atoms with Crippen molar-refractivity contribution in [1.82, 2.24) is 19.7 Å². The van der Waals surface area contributed by atoms with E-state index in [0.29, 0.717) is 39.2 Å². The third-order valence-corrected chi connectivity index (χ3v) is 5.75. The Morgan fingerprint density at radius 1 is 1.11 bits per heavy atom. The molecule has 8 heteroatoms. The standard InChI is InChI=1S/C27H41ClN4O3/c1-21(2)17-32(19-23-12-9-14-30(23)18-22-11-7-8-13-24(22)28)25(33)20-31(15-10-16-35-6)26(34)29-27(3,4)5/h7-9,11-14,21H,10,15-20H2,1-6H3,(H,29,34). The minimum atomic E-state index is -0.392. The van der Waals surface area contributed by atoms with E-state index in [-0.39, 0.29) is 24.4 Å². The fourth-order valence-electron chi connectivity index (χ4n) is 3.76. The summed E-state index contributed by atoms with van der Waals surface area (Å²) >= 11 is 6.37. The first-order chi connectivity index (χ1) is 16.5. The lowest BCUT2D eigenvalue weighted by atomic mass is 10.1. The molecule has 0 aliphatic rings. The second kappa shape index (κ2) is 13.5. The molecule has 2 aromatic rings. The number of benzene rings is 1. The molecule has 2 rings (SSSR count). The topological polar surface area (TPSA) is 66.8 Å². The maximum Gasteiger partial charge on any atom is 0.318 e. The average Bonchev–Trinajstić information content (AvgIpc) is 3.19. The lowest BCUT2D eigenvalue weighted by Gasteiger charge is -2.31. The first-order valence-electron chi connectivity index (χ1n) is 12.2. The molecule has 1 aromatic heterocycles. The summed E-state index contributed by atoms with van der Waals surface area (Å²) in [6.45, 7) is 12.6. The molecule has 7 nitrogen and oxygen atoms in total. The van der Waals surface area contributed by atoms with Crippen molar-refractivity contribution in [3.8, 4) is 0 Å². The van der Waals surface area contributed by atoms with Crippen molar-refractivity contribution < 1.29 is 14.3 Å². The van der Waals surface area contributed by atoms with Crippen LogP contribution in [0.5, 0.6) is 0 Å². The Kier molecular flexibility index (Phi) is 11.1. The van der Waals surface area contributed by atoms with Gasteiger partial charge in [0.25, 0.3) is 0 Å². The number of hydrogen-bond acceptors (Lipinski definition) is 3. The fourth-order valence-corrected chi connectivity index (χ4v) is 3.96. The van der Waals surface area contributed by atoms with Gasteiger partial charge in [0.15, 0.2) is 0 Å². The Morgan fingerprint density at radius 2 is 1.83 bits per heavy atom. The lowest BCUT2D eigenvalue weighted by molar-refractivity contribution is -0.133. The van der Waals surface area contributed by atoms with Crippen LogP contribution in [0.3, 0.4) is 0 Å². The maximum absolute atomic E-state index is 13.5. The second-order valence-corrected chi connectivity index (χ2v) is 10.7. The summed E-state index contributed by atoms with van der Waals surface area (Å²) in [7, 11) is 1.63. The SMILES string of the molecule is COCCCN(CC(=O)N(Cc1cccn1Cc1ccccc1Cl)CC(C)C)C(=O)NC(C)(C)C. The van der Waals surface area contributed by atoms with Crippen LogP contribution in [0.2, 0.25) is 5.02 Å². The van der Waals surface area contributed by atoms with Gasteiger partial charge in [-0.2, -0.15) is 0 Å². The molecule has 0 aliphatic heterocycles. The Hall–Kier alpha value is -2.51. The number of rotatable bonds is 12. The molecule has 1 N–H and O–H groups in total. The van der Waals surface area contributed by atoms with E-state index >= 15 is 0 Å². The minimum absolute atomic E-state index is 0.0174. The van der Waals surface area contributed by atoms with Gasteiger partial charge in [-0.15, -0.1) is 0 Å². The van der Waals surface area contributed by atoms with Crippen molar-refractivity contribution in [2.24, 2.45) is 5.92 Å². The molecule has 3 amide bonds. The van der Waals surface area contributed by atoms with Crippen molar-refractivity contribution in [1.29, 1.82) is 0 Å². The normalized spacial score (nSPS) is 11.5. The van der Waals surface area contributed by atoms with E-state index in [9.17, 15) is 9.59 Å². The number of aromatic nitrogens is 1. The van der Waals surface area contributed by atoms with Crippen LogP contribution < -0.4 is 5.32 Å². The maximum atomic E-state index is 13.5. The second-order valence-electron chi connectivity index (χ2n) is 10.3. The number of nitrogens with zero attached hydrogens (tertiary/aromatic N) is 3. The average molecular weight is 505 g/mol. The van der Waals surface area contributed by atoms with Gasteiger partial charge < -0.3 is 24.4 Å². The van der Waals surface area contributed by atoms with Crippen LogP contribution in [0.15, 0.2) is 42.6 Å². The van der Waals surface area contributed by atoms with Gasteiger partial charge in [-0.1, -0.05) is 43.6 Å². The molecule has 0 spiro atoms. The predicted octanol–water partition coefficient (Wildman–Crippen LogP) is 5.02. The van der Waals surface area contributed by atoms with Crippen LogP contribution in [0, 0.1) is 5.92 Å². The van der Waals surface area contributed by atoms with Crippen molar-refractivity contribution in [2.45, 2.75) is 59.7 Å². The highest BCUT2D eigenvalue weighted by molar-refractivity contribution is 6.31. The smallest absolute Gasteiger partial charge is 0.318 e. The first-order valence-corrected chi connectivity index (χ1v) is 12.6. The summed E-state index contributed by atoms with van der Waals surface area (Å²) < 4.78 is 7.27. The summed E-state index contributed by atoms with van der Waals surface area (Å²) in [4.78, 5) is 29.8. The highest BCUT2D eigenvalue weighted by Gasteiger charge is 2.25. The van der Waals surface area contributed by atoms with Crippen LogP contribution in [-0.2, 0) is 22.6 Å². The van der Waals surface area contributed by atoms with Crippen LogP contribution in [0.25, 0.3) is 0 Å². The lowest BCUT2D eigenvalue weighted by Crippen LogP contribution is -2.52. The largest absolute Gasteiger partial charge is 0.385 e. The Balaban J connectivity index is 2.18. The van der Waals surface area contributed by atoms with Gasteiger partial charge in [-0.05, 0) is 56.9 Å². The molecule has 194 valence electrons. The number of amides is 3. The van der Waals surface area contributed by atoms with Gasteiger partial charge in [-0.3, -0.25) is 4.79 Å². The summed E-state index contributed by atoms with van der Waals surface area (Å²) in [5.41, 5.74) is 1.65. The van der Waals surface area contributed by atoms with Crippen molar-refractivity contribution in [2.75, 3.05) is 33.4 Å². The number of hydrogen-bond donors (Lipinski definition) is 1. The molecule has 0 radical (unpaired) electrons. The molecule has 0 unspecified atom stereocenters. The molecule has 0 saturated carbocycles. The van der Waals surface area contributed by atoms with Gasteiger partial charge >= 0.3 is 6.03 Å². The first kappa shape index (κ1) is 28.7. The quantitative estimate of drug-likeness (QED) is 0.413. The van der Waals surface area contributed by atoms with Crippen LogP contribution >= 0.6 is 11.6 Å². The van der Waals surface area contributed by atoms with E-state index in [1.54, 1.807) is 12.0 Å². The highest BCUT2D eigenvalue weighted by atomic mass is 35.5. The van der Waals surface area contributed by atoms with Gasteiger partial charge in [0, 0.05) is 55.8 Å². The van der Waals surface area contributed by atoms with E-state index in [2.05, 4.69) is 23.7 Å². The molecule has 35 heavy (non-hydrogen) atoms. The number of urea groups is 1. The van der Waals surface area contributed by atoms with Crippen LogP contribution in [0.1, 0.15) is 52.3 Å². The van der Waals surface area contributed by atoms with E-state index in [1.807, 2.05) is 68.3 Å². The zero-order valence-corrected chi connectivity index (χ0v) is 22.8. The van der Waals surface area contributed by atoms with E-state index < -0.39 is 5.54 Å². The molecule has 0 atom stereocenters. The summed E-state index contributed by atoms with van der Waals surface area (Å²) in [5, 5.41) is 3.70. The molecule has 0 bridgehead atoms. The van der Waals surface area contributed by atoms with Crippen molar-refractivity contribution in [3.63, 3.8) is 0 Å². The Bertz CT molecular complexity index is 952. The Labute approximate surface area is 215 Å². The van der Waals surface area contributed by atoms with E-state index in [1.165, 1.54) is 0 Å². The summed E-state index contributed by atoms with van der Waals surface area (Å²) in [5.74, 6) is 0.210. The Morgan fingerprint density at radius 3 is 2.46 bits per heavy atom. The van der Waals surface area contributed by atoms with E-state index in [0.717, 1.165) is 16.3 Å². The highest BCUT2D eigenvalue weighted by Crippen LogP contribution is 2.18. The number of halogens is 1. The van der Waals surface area contributed by atoms with Crippen LogP contribution in [-0.4, -0.2) is 65.2 Å². The van der Waals surface area contributed by atoms with Crippen molar-refractivity contribution >= 4 is 23.5 Å². The predicted molar refractivity (Wildman–Crippen MR) is 142 cm³/mol. The third kappa shape index (κ3) is 9.94. The number of ether oxygens (including phenoxy) is 1. The molecular weight excluding hydrogens is 464 g/mol.